The van der Waals surface area contributed by atoms with E-state index in [1.807, 2.05) is 0 Å². The Balaban J connectivity index is 2.25. The molecule has 1 aliphatic heterocycles. The lowest BCUT2D eigenvalue weighted by Crippen LogP contribution is -2.44. The highest BCUT2D eigenvalue weighted by Crippen LogP contribution is 2.01. The van der Waals surface area contributed by atoms with Crippen LogP contribution in [0, 0.1) is 0 Å². The molecule has 0 saturated carbocycles. The minimum Gasteiger partial charge on any atom is -0.313 e. The van der Waals surface area contributed by atoms with Crippen LogP contribution in [0.1, 0.15) is 19.8 Å². The number of hydrogen-bond donors (Lipinski definition) is 1. The fraction of sp³-hybridized carbons (Fsp3) is 1.00. The standard InChI is InChI=1S/C11H25N3/c1-11-10-14(9-8-13(2)3)7-5-4-6-12-11/h11-12H,4-10H2,1-3H3. The van der Waals surface area contributed by atoms with Crippen LogP contribution >= 0.6 is 0 Å². The van der Waals surface area contributed by atoms with Crippen molar-refractivity contribution >= 4 is 0 Å². The lowest BCUT2D eigenvalue weighted by Gasteiger charge is -2.29. The fourth-order valence-electron chi connectivity index (χ4n) is 1.90. The Morgan fingerprint density at radius 2 is 2.14 bits per heavy atom. The van der Waals surface area contributed by atoms with Gasteiger partial charge in [-0.15, -0.1) is 0 Å². The fourth-order valence-corrected chi connectivity index (χ4v) is 1.90. The first-order valence-corrected chi connectivity index (χ1v) is 5.79. The van der Waals surface area contributed by atoms with Crippen LogP contribution in [0.3, 0.4) is 0 Å². The highest BCUT2D eigenvalue weighted by molar-refractivity contribution is 4.71. The molecule has 0 bridgehead atoms. The van der Waals surface area contributed by atoms with Gasteiger partial charge in [0, 0.05) is 25.7 Å². The zero-order valence-corrected chi connectivity index (χ0v) is 9.92. The van der Waals surface area contributed by atoms with Gasteiger partial charge in [0.05, 0.1) is 0 Å². The normalized spacial score (nSPS) is 26.1. The minimum absolute atomic E-state index is 0.650. The van der Waals surface area contributed by atoms with Crippen LogP contribution in [0.15, 0.2) is 0 Å². The minimum atomic E-state index is 0.650. The quantitative estimate of drug-likeness (QED) is 0.719. The van der Waals surface area contributed by atoms with Crippen molar-refractivity contribution < 1.29 is 0 Å². The highest BCUT2D eigenvalue weighted by Gasteiger charge is 2.12. The van der Waals surface area contributed by atoms with Crippen molar-refractivity contribution in [2.45, 2.75) is 25.8 Å². The number of rotatable bonds is 3. The molecule has 0 aromatic rings. The van der Waals surface area contributed by atoms with Gasteiger partial charge in [0.15, 0.2) is 0 Å². The zero-order valence-electron chi connectivity index (χ0n) is 9.92. The molecule has 0 radical (unpaired) electrons. The summed E-state index contributed by atoms with van der Waals surface area (Å²) in [5.74, 6) is 0. The zero-order chi connectivity index (χ0) is 10.4. The topological polar surface area (TPSA) is 18.5 Å². The maximum atomic E-state index is 3.55. The first-order chi connectivity index (χ1) is 6.68. The molecule has 1 atom stereocenters. The number of hydrogen-bond acceptors (Lipinski definition) is 3. The average molecular weight is 199 g/mol. The van der Waals surface area contributed by atoms with Gasteiger partial charge in [0.2, 0.25) is 0 Å². The summed E-state index contributed by atoms with van der Waals surface area (Å²) in [5.41, 5.74) is 0. The van der Waals surface area contributed by atoms with Gasteiger partial charge in [-0.25, -0.2) is 0 Å². The molecule has 1 N–H and O–H groups in total. The monoisotopic (exact) mass is 199 g/mol. The third-order valence-electron chi connectivity index (χ3n) is 2.79. The number of nitrogens with zero attached hydrogens (tertiary/aromatic N) is 2. The number of likely N-dealkylation sites (N-methyl/N-ethyl adjacent to an activating group) is 1. The van der Waals surface area contributed by atoms with E-state index < -0.39 is 0 Å². The Kier molecular flexibility index (Phi) is 5.45. The summed E-state index contributed by atoms with van der Waals surface area (Å²) in [6.45, 7) is 8.34. The van der Waals surface area contributed by atoms with E-state index in [1.54, 1.807) is 0 Å². The molecule has 0 spiro atoms. The predicted octanol–water partition coefficient (Wildman–Crippen LogP) is 0.622. The van der Waals surface area contributed by atoms with E-state index >= 15 is 0 Å². The van der Waals surface area contributed by atoms with Crippen LogP contribution in [-0.4, -0.2) is 62.7 Å². The molecule has 14 heavy (non-hydrogen) atoms. The largest absolute Gasteiger partial charge is 0.313 e. The van der Waals surface area contributed by atoms with Crippen LogP contribution in [0.4, 0.5) is 0 Å². The SMILES string of the molecule is CC1CN(CCN(C)C)CCCCN1. The lowest BCUT2D eigenvalue weighted by molar-refractivity contribution is 0.206. The summed E-state index contributed by atoms with van der Waals surface area (Å²) in [6.07, 6.45) is 2.66. The van der Waals surface area contributed by atoms with Crippen LogP contribution in [0.2, 0.25) is 0 Å². The third kappa shape index (κ3) is 4.94. The molecule has 1 rings (SSSR count). The molecule has 1 heterocycles. The van der Waals surface area contributed by atoms with Gasteiger partial charge in [-0.05, 0) is 47.0 Å². The molecular formula is C11H25N3. The molecule has 1 saturated heterocycles. The van der Waals surface area contributed by atoms with Crippen molar-refractivity contribution in [2.24, 2.45) is 0 Å². The summed E-state index contributed by atoms with van der Waals surface area (Å²) in [5, 5.41) is 3.55. The predicted molar refractivity (Wildman–Crippen MR) is 61.7 cm³/mol. The summed E-state index contributed by atoms with van der Waals surface area (Å²) in [4.78, 5) is 4.84. The Morgan fingerprint density at radius 3 is 2.86 bits per heavy atom. The van der Waals surface area contributed by atoms with Gasteiger partial charge in [-0.2, -0.15) is 0 Å². The average Bonchev–Trinajstić information content (AvgIpc) is 2.08. The first kappa shape index (κ1) is 12.0. The summed E-state index contributed by atoms with van der Waals surface area (Å²) < 4.78 is 0. The van der Waals surface area contributed by atoms with Crippen LogP contribution in [0.5, 0.6) is 0 Å². The van der Waals surface area contributed by atoms with E-state index in [9.17, 15) is 0 Å². The smallest absolute Gasteiger partial charge is 0.0166 e. The van der Waals surface area contributed by atoms with Gasteiger partial charge in [0.25, 0.3) is 0 Å². The third-order valence-corrected chi connectivity index (χ3v) is 2.79. The van der Waals surface area contributed by atoms with Crippen LogP contribution < -0.4 is 5.32 Å². The second-order valence-electron chi connectivity index (χ2n) is 4.67. The Hall–Kier alpha value is -0.120. The van der Waals surface area contributed by atoms with Crippen molar-refractivity contribution in [1.82, 2.24) is 15.1 Å². The van der Waals surface area contributed by atoms with Crippen molar-refractivity contribution in [1.29, 1.82) is 0 Å². The summed E-state index contributed by atoms with van der Waals surface area (Å²) in [6, 6.07) is 0.650. The van der Waals surface area contributed by atoms with E-state index in [1.165, 1.54) is 45.6 Å². The molecule has 0 aromatic heterocycles. The molecule has 0 amide bonds. The molecule has 1 aliphatic rings. The van der Waals surface area contributed by atoms with E-state index in [0.29, 0.717) is 6.04 Å². The molecule has 0 aliphatic carbocycles. The van der Waals surface area contributed by atoms with Crippen molar-refractivity contribution in [3.05, 3.63) is 0 Å². The van der Waals surface area contributed by atoms with Crippen molar-refractivity contribution in [3.63, 3.8) is 0 Å². The van der Waals surface area contributed by atoms with E-state index in [2.05, 4.69) is 36.1 Å². The molecule has 1 fully saturated rings. The van der Waals surface area contributed by atoms with Crippen molar-refractivity contribution in [2.75, 3.05) is 46.8 Å². The van der Waals surface area contributed by atoms with Crippen LogP contribution in [0.25, 0.3) is 0 Å². The van der Waals surface area contributed by atoms with Gasteiger partial charge >= 0.3 is 0 Å². The second kappa shape index (κ2) is 6.38. The Bertz CT molecular complexity index is 147. The molecule has 3 nitrogen and oxygen atoms in total. The van der Waals surface area contributed by atoms with Gasteiger partial charge in [-0.3, -0.25) is 0 Å². The van der Waals surface area contributed by atoms with Crippen molar-refractivity contribution in [3.8, 4) is 0 Å². The summed E-state index contributed by atoms with van der Waals surface area (Å²) >= 11 is 0. The van der Waals surface area contributed by atoms with Gasteiger partial charge in [0.1, 0.15) is 0 Å². The van der Waals surface area contributed by atoms with E-state index in [0.717, 1.165) is 0 Å². The Labute approximate surface area is 88.5 Å². The van der Waals surface area contributed by atoms with E-state index in [4.69, 9.17) is 0 Å². The molecule has 1 unspecified atom stereocenters. The second-order valence-corrected chi connectivity index (χ2v) is 4.67. The Morgan fingerprint density at radius 1 is 1.36 bits per heavy atom. The number of nitrogens with one attached hydrogen (secondary N) is 1. The highest BCUT2D eigenvalue weighted by atomic mass is 15.2. The molecule has 3 heteroatoms. The maximum Gasteiger partial charge on any atom is 0.0166 e. The maximum absolute atomic E-state index is 3.55. The molecule has 0 aromatic carbocycles. The lowest BCUT2D eigenvalue weighted by atomic mass is 10.2. The summed E-state index contributed by atoms with van der Waals surface area (Å²) in [7, 11) is 4.29. The van der Waals surface area contributed by atoms with Gasteiger partial charge < -0.3 is 15.1 Å². The molecule has 84 valence electrons. The van der Waals surface area contributed by atoms with Gasteiger partial charge in [-0.1, -0.05) is 0 Å². The first-order valence-electron chi connectivity index (χ1n) is 5.79. The molecular weight excluding hydrogens is 174 g/mol. The van der Waals surface area contributed by atoms with Crippen LogP contribution in [-0.2, 0) is 0 Å². The van der Waals surface area contributed by atoms with E-state index in [-0.39, 0.29) is 0 Å².